The van der Waals surface area contributed by atoms with Crippen molar-refractivity contribution in [2.24, 2.45) is 0 Å². The summed E-state index contributed by atoms with van der Waals surface area (Å²) in [6.07, 6.45) is 13.4. The molecule has 0 aromatic heterocycles. The molecule has 0 bridgehead atoms. The summed E-state index contributed by atoms with van der Waals surface area (Å²) in [7, 11) is 1.62. The van der Waals surface area contributed by atoms with Gasteiger partial charge in [0, 0.05) is 25.7 Å². The van der Waals surface area contributed by atoms with Crippen molar-refractivity contribution < 1.29 is 33.5 Å². The van der Waals surface area contributed by atoms with Crippen molar-refractivity contribution in [3.05, 3.63) is 12.3 Å². The van der Waals surface area contributed by atoms with Gasteiger partial charge in [0.15, 0.2) is 11.6 Å². The Hall–Kier alpha value is -0.700. The molecule has 30 heavy (non-hydrogen) atoms. The second-order valence-electron chi connectivity index (χ2n) is 9.60. The molecule has 2 aliphatic carbocycles. The third-order valence-electron chi connectivity index (χ3n) is 7.67. The van der Waals surface area contributed by atoms with E-state index in [1.807, 2.05) is 6.08 Å². The average Bonchev–Trinajstić information content (AvgIpc) is 3.40. The number of ether oxygens (including phenoxy) is 6. The second kappa shape index (κ2) is 8.34. The van der Waals surface area contributed by atoms with Crippen molar-refractivity contribution in [2.45, 2.75) is 112 Å². The van der Waals surface area contributed by atoms with Gasteiger partial charge >= 0.3 is 0 Å². The molecule has 2 spiro atoms. The van der Waals surface area contributed by atoms with E-state index >= 15 is 0 Å². The number of hydrogen-bond donors (Lipinski definition) is 1. The van der Waals surface area contributed by atoms with Gasteiger partial charge in [-0.25, -0.2) is 0 Å². The van der Waals surface area contributed by atoms with Gasteiger partial charge in [0.05, 0.1) is 32.7 Å². The molecule has 0 radical (unpaired) electrons. The van der Waals surface area contributed by atoms with Gasteiger partial charge < -0.3 is 33.5 Å². The zero-order valence-electron chi connectivity index (χ0n) is 18.1. The minimum absolute atomic E-state index is 0.139. The predicted molar refractivity (Wildman–Crippen MR) is 108 cm³/mol. The molecule has 1 unspecified atom stereocenters. The Kier molecular flexibility index (Phi) is 5.88. The van der Waals surface area contributed by atoms with E-state index in [4.69, 9.17) is 28.4 Å². The third kappa shape index (κ3) is 3.51. The Morgan fingerprint density at radius 1 is 0.967 bits per heavy atom. The maximum atomic E-state index is 10.6. The molecule has 3 heterocycles. The van der Waals surface area contributed by atoms with Crippen molar-refractivity contribution in [3.63, 3.8) is 0 Å². The van der Waals surface area contributed by atoms with Crippen LogP contribution in [0.25, 0.3) is 0 Å². The van der Waals surface area contributed by atoms with E-state index in [1.54, 1.807) is 13.4 Å². The number of methoxy groups -OCH3 is 1. The first-order valence-electron chi connectivity index (χ1n) is 11.8. The molecule has 5 rings (SSSR count). The SMILES string of the molecule is CO/C=C/C[C@@H]1O[C@@H]([C@H]2COC3(CCCCC3)O2)[C@H]2OC3(CCCCC3)OC12CO. The predicted octanol–water partition coefficient (Wildman–Crippen LogP) is 3.19. The van der Waals surface area contributed by atoms with E-state index in [1.165, 1.54) is 12.8 Å². The fourth-order valence-electron chi connectivity index (χ4n) is 6.17. The van der Waals surface area contributed by atoms with Crippen molar-refractivity contribution in [3.8, 4) is 0 Å². The minimum atomic E-state index is -0.883. The first-order valence-corrected chi connectivity index (χ1v) is 11.8. The molecule has 3 aliphatic heterocycles. The van der Waals surface area contributed by atoms with Gasteiger partial charge in [-0.2, -0.15) is 0 Å². The third-order valence-corrected chi connectivity index (χ3v) is 7.67. The second-order valence-corrected chi connectivity index (χ2v) is 9.60. The molecule has 170 valence electrons. The first-order chi connectivity index (χ1) is 14.6. The monoisotopic (exact) mass is 424 g/mol. The average molecular weight is 425 g/mol. The molecule has 0 aromatic carbocycles. The van der Waals surface area contributed by atoms with Crippen LogP contribution in [-0.2, 0) is 28.4 Å². The summed E-state index contributed by atoms with van der Waals surface area (Å²) in [5.41, 5.74) is -0.883. The van der Waals surface area contributed by atoms with E-state index in [0.29, 0.717) is 13.0 Å². The summed E-state index contributed by atoms with van der Waals surface area (Å²) >= 11 is 0. The van der Waals surface area contributed by atoms with Crippen LogP contribution in [0, 0.1) is 0 Å². The van der Waals surface area contributed by atoms with E-state index in [0.717, 1.165) is 51.4 Å². The molecule has 0 amide bonds. The summed E-state index contributed by atoms with van der Waals surface area (Å²) in [4.78, 5) is 0. The Morgan fingerprint density at radius 2 is 1.67 bits per heavy atom. The van der Waals surface area contributed by atoms with E-state index in [2.05, 4.69) is 0 Å². The molecule has 5 fully saturated rings. The Labute approximate surface area is 179 Å². The Morgan fingerprint density at radius 3 is 2.33 bits per heavy atom. The summed E-state index contributed by atoms with van der Waals surface area (Å²) in [5.74, 6) is -1.08. The minimum Gasteiger partial charge on any atom is -0.505 e. The molecule has 0 aromatic rings. The largest absolute Gasteiger partial charge is 0.505 e. The molecule has 7 nitrogen and oxygen atoms in total. The molecule has 1 N–H and O–H groups in total. The number of aliphatic hydroxyl groups is 1. The highest BCUT2D eigenvalue weighted by atomic mass is 16.8. The summed E-state index contributed by atoms with van der Waals surface area (Å²) in [5, 5.41) is 10.6. The lowest BCUT2D eigenvalue weighted by Crippen LogP contribution is -2.51. The van der Waals surface area contributed by atoms with Gasteiger partial charge in [0.25, 0.3) is 0 Å². The van der Waals surface area contributed by atoms with Gasteiger partial charge in [-0.3, -0.25) is 0 Å². The molecule has 5 aliphatic rings. The van der Waals surface area contributed by atoms with Crippen molar-refractivity contribution in [1.82, 2.24) is 0 Å². The zero-order valence-corrected chi connectivity index (χ0v) is 18.1. The van der Waals surface area contributed by atoms with Crippen LogP contribution in [0.15, 0.2) is 12.3 Å². The fourth-order valence-corrected chi connectivity index (χ4v) is 6.17. The van der Waals surface area contributed by atoms with Crippen LogP contribution in [0.3, 0.4) is 0 Å². The normalized spacial score (nSPS) is 42.3. The number of fused-ring (bicyclic) bond motifs is 1. The van der Waals surface area contributed by atoms with E-state index in [9.17, 15) is 5.11 Å². The van der Waals surface area contributed by atoms with Crippen molar-refractivity contribution in [2.75, 3.05) is 20.3 Å². The fraction of sp³-hybridized carbons (Fsp3) is 0.913. The van der Waals surface area contributed by atoms with Gasteiger partial charge in [-0.05, 0) is 38.2 Å². The molecular formula is C23H36O7. The van der Waals surface area contributed by atoms with Gasteiger partial charge in [-0.1, -0.05) is 12.8 Å². The van der Waals surface area contributed by atoms with Crippen molar-refractivity contribution >= 4 is 0 Å². The van der Waals surface area contributed by atoms with Crippen LogP contribution in [0.2, 0.25) is 0 Å². The first kappa shape index (κ1) is 21.2. The summed E-state index contributed by atoms with van der Waals surface area (Å²) in [6.45, 7) is 0.361. The summed E-state index contributed by atoms with van der Waals surface area (Å²) < 4.78 is 37.6. The zero-order chi connectivity index (χ0) is 20.7. The van der Waals surface area contributed by atoms with Crippen LogP contribution < -0.4 is 0 Å². The van der Waals surface area contributed by atoms with Gasteiger partial charge in [0.1, 0.15) is 23.9 Å². The van der Waals surface area contributed by atoms with Crippen LogP contribution in [-0.4, -0.2) is 67.0 Å². The molecule has 7 heteroatoms. The molecular weight excluding hydrogens is 388 g/mol. The van der Waals surface area contributed by atoms with Crippen molar-refractivity contribution in [1.29, 1.82) is 0 Å². The maximum Gasteiger partial charge on any atom is 0.170 e. The van der Waals surface area contributed by atoms with Crippen LogP contribution >= 0.6 is 0 Å². The quantitative estimate of drug-likeness (QED) is 0.679. The van der Waals surface area contributed by atoms with Crippen LogP contribution in [0.5, 0.6) is 0 Å². The summed E-state index contributed by atoms with van der Waals surface area (Å²) in [6, 6.07) is 0. The lowest BCUT2D eigenvalue weighted by Gasteiger charge is -2.36. The highest BCUT2D eigenvalue weighted by Gasteiger charge is 2.69. The smallest absolute Gasteiger partial charge is 0.170 e. The molecule has 3 saturated heterocycles. The topological polar surface area (TPSA) is 75.6 Å². The van der Waals surface area contributed by atoms with Gasteiger partial charge in [0.2, 0.25) is 0 Å². The maximum absolute atomic E-state index is 10.6. The standard InChI is InChI=1S/C23H36O7/c1-25-14-8-9-18-23(16-24)20(29-22(30-23)12-6-3-7-13-22)19(27-18)17-15-26-21(28-17)10-4-2-5-11-21/h8,14,17-20,24H,2-7,9-13,15-16H2,1H3/b14-8+/t17-,18+,19+,20-,23?/m1/s1. The van der Waals surface area contributed by atoms with Crippen LogP contribution in [0.4, 0.5) is 0 Å². The Bertz CT molecular complexity index is 625. The van der Waals surface area contributed by atoms with E-state index in [-0.39, 0.29) is 31.0 Å². The number of rotatable bonds is 5. The van der Waals surface area contributed by atoms with Crippen LogP contribution in [0.1, 0.15) is 70.6 Å². The molecule has 5 atom stereocenters. The van der Waals surface area contributed by atoms with E-state index < -0.39 is 17.2 Å². The highest BCUT2D eigenvalue weighted by Crippen LogP contribution is 2.54. The lowest BCUT2D eigenvalue weighted by atomic mass is 9.88. The highest BCUT2D eigenvalue weighted by molar-refractivity contribution is 5.14. The Balaban J connectivity index is 1.40. The number of hydrogen-bond acceptors (Lipinski definition) is 7. The van der Waals surface area contributed by atoms with Gasteiger partial charge in [-0.15, -0.1) is 0 Å². The number of aliphatic hydroxyl groups excluding tert-OH is 1. The molecule has 2 saturated carbocycles. The lowest BCUT2D eigenvalue weighted by molar-refractivity contribution is -0.252.